The number of aromatic amines is 1. The molecule has 0 spiro atoms. The Labute approximate surface area is 233 Å². The third kappa shape index (κ3) is 5.28. The van der Waals surface area contributed by atoms with Gasteiger partial charge in [-0.25, -0.2) is 4.68 Å². The largest absolute Gasteiger partial charge is 0.497 e. The van der Waals surface area contributed by atoms with Gasteiger partial charge in [0.1, 0.15) is 17.5 Å². The van der Waals surface area contributed by atoms with Crippen molar-refractivity contribution in [1.29, 1.82) is 0 Å². The topological polar surface area (TPSA) is 101 Å². The average Bonchev–Trinajstić information content (AvgIpc) is 3.48. The van der Waals surface area contributed by atoms with Gasteiger partial charge in [-0.05, 0) is 78.7 Å². The molecular formula is C30H37N7O3. The summed E-state index contributed by atoms with van der Waals surface area (Å²) in [7, 11) is 1.68. The molecule has 0 unspecified atom stereocenters. The Morgan fingerprint density at radius 3 is 2.45 bits per heavy atom. The molecule has 2 fully saturated rings. The molecule has 1 atom stereocenters. The number of anilines is 1. The molecule has 3 heterocycles. The van der Waals surface area contributed by atoms with Crippen LogP contribution in [0, 0.1) is 0 Å². The summed E-state index contributed by atoms with van der Waals surface area (Å²) in [6.07, 6.45) is 5.71. The Bertz CT molecular complexity index is 1490. The average molecular weight is 544 g/mol. The van der Waals surface area contributed by atoms with Crippen molar-refractivity contribution in [2.24, 2.45) is 0 Å². The van der Waals surface area contributed by atoms with E-state index < -0.39 is 0 Å². The maximum atomic E-state index is 13.6. The summed E-state index contributed by atoms with van der Waals surface area (Å²) in [5.74, 6) is 2.38. The Balaban J connectivity index is 1.36. The van der Waals surface area contributed by atoms with Crippen LogP contribution in [0.1, 0.15) is 62.5 Å². The highest BCUT2D eigenvalue weighted by atomic mass is 16.5. The van der Waals surface area contributed by atoms with E-state index in [0.29, 0.717) is 12.2 Å². The van der Waals surface area contributed by atoms with Gasteiger partial charge in [0.15, 0.2) is 5.82 Å². The number of aromatic nitrogens is 5. The van der Waals surface area contributed by atoms with Crippen LogP contribution in [0.15, 0.2) is 53.3 Å². The number of H-pyrrole nitrogens is 1. The molecule has 0 bridgehead atoms. The monoisotopic (exact) mass is 543 g/mol. The van der Waals surface area contributed by atoms with Crippen molar-refractivity contribution in [2.75, 3.05) is 44.8 Å². The van der Waals surface area contributed by atoms with Gasteiger partial charge in [0, 0.05) is 48.3 Å². The van der Waals surface area contributed by atoms with Crippen LogP contribution in [-0.2, 0) is 0 Å². The lowest BCUT2D eigenvalue weighted by atomic mass is 9.95. The Hall–Kier alpha value is -3.92. The number of hydrogen-bond acceptors (Lipinski definition) is 8. The Morgan fingerprint density at radius 2 is 1.73 bits per heavy atom. The molecule has 210 valence electrons. The lowest BCUT2D eigenvalue weighted by Crippen LogP contribution is -2.49. The fourth-order valence-electron chi connectivity index (χ4n) is 6.16. The van der Waals surface area contributed by atoms with E-state index in [0.717, 1.165) is 72.9 Å². The molecule has 1 saturated carbocycles. The van der Waals surface area contributed by atoms with Crippen LogP contribution in [0.25, 0.3) is 10.9 Å². The number of rotatable bonds is 8. The van der Waals surface area contributed by atoms with Crippen LogP contribution >= 0.6 is 0 Å². The molecule has 1 aliphatic heterocycles. The first kappa shape index (κ1) is 26.3. The van der Waals surface area contributed by atoms with E-state index >= 15 is 0 Å². The molecule has 1 aliphatic carbocycles. The highest BCUT2D eigenvalue weighted by molar-refractivity contribution is 5.80. The fourth-order valence-corrected chi connectivity index (χ4v) is 6.16. The van der Waals surface area contributed by atoms with Crippen molar-refractivity contribution in [3.05, 3.63) is 70.3 Å². The molecule has 10 nitrogen and oxygen atoms in total. The molecule has 2 aliphatic rings. The zero-order chi connectivity index (χ0) is 27.5. The first-order valence-corrected chi connectivity index (χ1v) is 14.3. The summed E-state index contributed by atoms with van der Waals surface area (Å²) in [5, 5.41) is 14.1. The zero-order valence-electron chi connectivity index (χ0n) is 23.3. The molecule has 2 aromatic heterocycles. The summed E-state index contributed by atoms with van der Waals surface area (Å²) in [6, 6.07) is 15.9. The maximum Gasteiger partial charge on any atom is 0.253 e. The molecule has 6 rings (SSSR count). The van der Waals surface area contributed by atoms with Crippen LogP contribution in [0.5, 0.6) is 11.5 Å². The highest BCUT2D eigenvalue weighted by Crippen LogP contribution is 2.34. The normalized spacial score (nSPS) is 17.7. The summed E-state index contributed by atoms with van der Waals surface area (Å²) < 4.78 is 13.1. The van der Waals surface area contributed by atoms with Crippen LogP contribution < -0.4 is 19.9 Å². The zero-order valence-corrected chi connectivity index (χ0v) is 23.3. The lowest BCUT2D eigenvalue weighted by molar-refractivity contribution is 0.192. The second-order valence-electron chi connectivity index (χ2n) is 10.6. The van der Waals surface area contributed by atoms with E-state index in [4.69, 9.17) is 9.47 Å². The van der Waals surface area contributed by atoms with Gasteiger partial charge in [-0.1, -0.05) is 19.3 Å². The van der Waals surface area contributed by atoms with Gasteiger partial charge < -0.3 is 19.4 Å². The molecule has 1 saturated heterocycles. The van der Waals surface area contributed by atoms with Gasteiger partial charge in [-0.2, -0.15) is 0 Å². The van der Waals surface area contributed by atoms with E-state index in [2.05, 4.69) is 42.4 Å². The number of tetrazole rings is 1. The molecule has 40 heavy (non-hydrogen) atoms. The highest BCUT2D eigenvalue weighted by Gasteiger charge is 2.34. The number of hydrogen-bond donors (Lipinski definition) is 1. The predicted molar refractivity (Wildman–Crippen MR) is 154 cm³/mol. The van der Waals surface area contributed by atoms with Gasteiger partial charge in [0.2, 0.25) is 0 Å². The molecule has 2 aromatic carbocycles. The van der Waals surface area contributed by atoms with Crippen molar-refractivity contribution in [3.8, 4) is 11.5 Å². The van der Waals surface area contributed by atoms with Crippen LogP contribution in [-0.4, -0.2) is 70.0 Å². The van der Waals surface area contributed by atoms with Gasteiger partial charge in [-0.3, -0.25) is 9.69 Å². The fraction of sp³-hybridized carbons (Fsp3) is 0.467. The van der Waals surface area contributed by atoms with Crippen molar-refractivity contribution in [1.82, 2.24) is 30.1 Å². The summed E-state index contributed by atoms with van der Waals surface area (Å²) in [4.78, 5) is 21.5. The van der Waals surface area contributed by atoms with Crippen LogP contribution in [0.2, 0.25) is 0 Å². The smallest absolute Gasteiger partial charge is 0.253 e. The first-order valence-electron chi connectivity index (χ1n) is 14.3. The molecule has 1 N–H and O–H groups in total. The molecule has 0 amide bonds. The number of piperazine rings is 1. The number of benzene rings is 2. The number of pyridine rings is 1. The summed E-state index contributed by atoms with van der Waals surface area (Å²) in [6.45, 7) is 5.74. The van der Waals surface area contributed by atoms with Crippen molar-refractivity contribution in [3.63, 3.8) is 0 Å². The number of nitrogens with one attached hydrogen (secondary N) is 1. The van der Waals surface area contributed by atoms with Crippen LogP contribution in [0.4, 0.5) is 5.69 Å². The van der Waals surface area contributed by atoms with Gasteiger partial charge >= 0.3 is 0 Å². The molecular weight excluding hydrogens is 506 g/mol. The van der Waals surface area contributed by atoms with E-state index in [1.807, 2.05) is 48.0 Å². The second kappa shape index (κ2) is 11.7. The molecule has 10 heteroatoms. The minimum Gasteiger partial charge on any atom is -0.497 e. The predicted octanol–water partition coefficient (Wildman–Crippen LogP) is 4.34. The summed E-state index contributed by atoms with van der Waals surface area (Å²) >= 11 is 0. The van der Waals surface area contributed by atoms with Gasteiger partial charge in [0.25, 0.3) is 5.56 Å². The Kier molecular flexibility index (Phi) is 7.68. The quantitative estimate of drug-likeness (QED) is 0.350. The standard InChI is InChI=1S/C30H37N7O3/c1-3-40-25-13-14-27-21(19-25)20-26(30(38)31-27)28(29-32-33-34-37(29)23-7-5-4-6-8-23)36-17-15-35(16-18-36)22-9-11-24(39-2)12-10-22/h9-14,19-20,23,28H,3-8,15-18H2,1-2H3,(H,31,38)/t28-/m1/s1. The van der Waals surface area contributed by atoms with Crippen LogP contribution in [0.3, 0.4) is 0 Å². The van der Waals surface area contributed by atoms with E-state index in [1.165, 1.54) is 19.3 Å². The van der Waals surface area contributed by atoms with E-state index in [9.17, 15) is 4.79 Å². The van der Waals surface area contributed by atoms with Gasteiger partial charge in [0.05, 0.1) is 19.8 Å². The third-order valence-corrected chi connectivity index (χ3v) is 8.25. The molecule has 4 aromatic rings. The summed E-state index contributed by atoms with van der Waals surface area (Å²) in [5.41, 5.74) is 2.49. The van der Waals surface area contributed by atoms with Crippen molar-refractivity contribution < 1.29 is 9.47 Å². The van der Waals surface area contributed by atoms with Crippen molar-refractivity contribution >= 4 is 16.6 Å². The first-order chi connectivity index (χ1) is 19.6. The third-order valence-electron chi connectivity index (χ3n) is 8.25. The Morgan fingerprint density at radius 1 is 0.975 bits per heavy atom. The number of ether oxygens (including phenoxy) is 2. The minimum atomic E-state index is -0.362. The lowest BCUT2D eigenvalue weighted by Gasteiger charge is -2.40. The van der Waals surface area contributed by atoms with Crippen molar-refractivity contribution in [2.45, 2.75) is 51.1 Å². The molecule has 0 radical (unpaired) electrons. The SMILES string of the molecule is CCOc1ccc2[nH]c(=O)c([C@H](c3nnnn3C3CCCCC3)N3CCN(c4ccc(OC)cc4)CC3)cc2c1. The van der Waals surface area contributed by atoms with E-state index in [-0.39, 0.29) is 17.6 Å². The number of nitrogens with zero attached hydrogens (tertiary/aromatic N) is 6. The second-order valence-corrected chi connectivity index (χ2v) is 10.6. The number of fused-ring (bicyclic) bond motifs is 1. The minimum absolute atomic E-state index is 0.113. The van der Waals surface area contributed by atoms with E-state index in [1.54, 1.807) is 7.11 Å². The van der Waals surface area contributed by atoms with Gasteiger partial charge in [-0.15, -0.1) is 5.10 Å². The maximum absolute atomic E-state index is 13.6. The number of methoxy groups -OCH3 is 1.